The number of hydrogen-bond donors (Lipinski definition) is 0. The Morgan fingerprint density at radius 1 is 1.42 bits per heavy atom. The molecule has 0 fully saturated rings. The molecular formula is C12H15ClF3NO2. The Bertz CT molecular complexity index is 427. The van der Waals surface area contributed by atoms with Gasteiger partial charge in [0.2, 0.25) is 5.22 Å². The number of carbonyl (C=O) groups is 1. The lowest BCUT2D eigenvalue weighted by Crippen LogP contribution is -2.45. The molecule has 0 aliphatic carbocycles. The molecule has 0 unspecified atom stereocenters. The minimum Gasteiger partial charge on any atom is -0.452 e. The average molecular weight is 298 g/mol. The van der Waals surface area contributed by atoms with Crippen LogP contribution in [-0.4, -0.2) is 29.6 Å². The number of rotatable bonds is 5. The zero-order valence-electron chi connectivity index (χ0n) is 10.6. The van der Waals surface area contributed by atoms with E-state index in [1.165, 1.54) is 12.3 Å². The summed E-state index contributed by atoms with van der Waals surface area (Å²) < 4.78 is 42.5. The van der Waals surface area contributed by atoms with E-state index in [1.54, 1.807) is 13.8 Å². The number of alkyl halides is 3. The Morgan fingerprint density at radius 3 is 2.37 bits per heavy atom. The van der Waals surface area contributed by atoms with Crippen molar-refractivity contribution >= 4 is 17.5 Å². The summed E-state index contributed by atoms with van der Waals surface area (Å²) in [5, 5.41) is -0.192. The van der Waals surface area contributed by atoms with Crippen molar-refractivity contribution in [1.82, 2.24) is 4.90 Å². The number of furan rings is 1. The number of hydrogen-bond acceptors (Lipinski definition) is 2. The van der Waals surface area contributed by atoms with Gasteiger partial charge in [0.15, 0.2) is 0 Å². The summed E-state index contributed by atoms with van der Waals surface area (Å²) in [5.74, 6) is -0.759. The molecule has 108 valence electrons. The quantitative estimate of drug-likeness (QED) is 0.819. The molecule has 0 bridgehead atoms. The van der Waals surface area contributed by atoms with Gasteiger partial charge in [0.05, 0.1) is 11.8 Å². The summed E-state index contributed by atoms with van der Waals surface area (Å²) >= 11 is 5.65. The molecule has 7 heteroatoms. The normalized spacial score (nSPS) is 11.9. The van der Waals surface area contributed by atoms with Gasteiger partial charge in [-0.15, -0.1) is 0 Å². The second kappa shape index (κ2) is 6.32. The molecule has 1 rings (SSSR count). The van der Waals surface area contributed by atoms with Crippen LogP contribution in [-0.2, 0) is 0 Å². The van der Waals surface area contributed by atoms with Crippen molar-refractivity contribution in [3.63, 3.8) is 0 Å². The Morgan fingerprint density at radius 2 is 2.00 bits per heavy atom. The number of carbonyl (C=O) groups excluding carboxylic acids is 1. The van der Waals surface area contributed by atoms with E-state index in [2.05, 4.69) is 0 Å². The number of nitrogens with zero attached hydrogens (tertiary/aromatic N) is 1. The third-order valence-corrected chi connectivity index (χ3v) is 3.13. The molecular weight excluding hydrogens is 283 g/mol. The van der Waals surface area contributed by atoms with Gasteiger partial charge in [-0.1, -0.05) is 13.8 Å². The maximum atomic E-state index is 12.6. The number of amides is 1. The maximum Gasteiger partial charge on any atom is 0.406 e. The molecule has 1 aromatic heterocycles. The van der Waals surface area contributed by atoms with Crippen molar-refractivity contribution in [3.8, 4) is 0 Å². The van der Waals surface area contributed by atoms with Gasteiger partial charge in [-0.2, -0.15) is 13.2 Å². The highest BCUT2D eigenvalue weighted by molar-refractivity contribution is 6.32. The third kappa shape index (κ3) is 4.16. The first-order valence-corrected chi connectivity index (χ1v) is 6.28. The maximum absolute atomic E-state index is 12.6. The molecule has 0 atom stereocenters. The number of halogens is 4. The second-order valence-electron chi connectivity index (χ2n) is 4.13. The van der Waals surface area contributed by atoms with Crippen molar-refractivity contribution in [2.24, 2.45) is 0 Å². The molecule has 0 radical (unpaired) electrons. The van der Waals surface area contributed by atoms with E-state index in [9.17, 15) is 18.0 Å². The molecule has 1 heterocycles. The van der Waals surface area contributed by atoms with E-state index in [0.29, 0.717) is 12.8 Å². The highest BCUT2D eigenvalue weighted by Crippen LogP contribution is 2.25. The van der Waals surface area contributed by atoms with Gasteiger partial charge in [0.1, 0.15) is 6.54 Å². The molecule has 1 aromatic rings. The van der Waals surface area contributed by atoms with E-state index in [4.69, 9.17) is 16.0 Å². The molecule has 0 aliphatic rings. The zero-order chi connectivity index (χ0) is 14.6. The minimum atomic E-state index is -4.45. The first-order chi connectivity index (χ1) is 8.80. The molecule has 0 saturated heterocycles. The van der Waals surface area contributed by atoms with Crippen molar-refractivity contribution in [2.75, 3.05) is 6.54 Å². The van der Waals surface area contributed by atoms with Gasteiger partial charge in [0, 0.05) is 6.04 Å². The van der Waals surface area contributed by atoms with Gasteiger partial charge in [-0.3, -0.25) is 4.79 Å². The fourth-order valence-electron chi connectivity index (χ4n) is 1.89. The molecule has 0 N–H and O–H groups in total. The largest absolute Gasteiger partial charge is 0.452 e. The van der Waals surface area contributed by atoms with E-state index in [-0.39, 0.29) is 10.8 Å². The molecule has 0 aromatic carbocycles. The average Bonchev–Trinajstić information content (AvgIpc) is 2.73. The zero-order valence-corrected chi connectivity index (χ0v) is 11.4. The first kappa shape index (κ1) is 15.9. The Hall–Kier alpha value is -1.17. The van der Waals surface area contributed by atoms with E-state index in [1.807, 2.05) is 0 Å². The van der Waals surface area contributed by atoms with Crippen LogP contribution in [0.3, 0.4) is 0 Å². The first-order valence-electron chi connectivity index (χ1n) is 5.90. The lowest BCUT2D eigenvalue weighted by molar-refractivity contribution is -0.144. The summed E-state index contributed by atoms with van der Waals surface area (Å²) in [6, 6.07) is 0.788. The van der Waals surface area contributed by atoms with Crippen LogP contribution in [0.4, 0.5) is 13.2 Å². The summed E-state index contributed by atoms with van der Waals surface area (Å²) in [7, 11) is 0. The molecule has 3 nitrogen and oxygen atoms in total. The lowest BCUT2D eigenvalue weighted by Gasteiger charge is -2.31. The van der Waals surface area contributed by atoms with Gasteiger partial charge in [0.25, 0.3) is 5.91 Å². The van der Waals surface area contributed by atoms with Crippen molar-refractivity contribution in [1.29, 1.82) is 0 Å². The Balaban J connectivity index is 3.02. The predicted molar refractivity (Wildman–Crippen MR) is 65.2 cm³/mol. The van der Waals surface area contributed by atoms with Crippen LogP contribution in [0, 0.1) is 0 Å². The van der Waals surface area contributed by atoms with Crippen LogP contribution in [0.25, 0.3) is 0 Å². The predicted octanol–water partition coefficient (Wildman–Crippen LogP) is 4.13. The van der Waals surface area contributed by atoms with Crippen molar-refractivity contribution < 1.29 is 22.4 Å². The van der Waals surface area contributed by atoms with Crippen LogP contribution in [0.5, 0.6) is 0 Å². The van der Waals surface area contributed by atoms with Crippen LogP contribution in [0.15, 0.2) is 16.7 Å². The molecule has 19 heavy (non-hydrogen) atoms. The van der Waals surface area contributed by atoms with Crippen molar-refractivity contribution in [3.05, 3.63) is 23.1 Å². The Labute approximate surface area is 114 Å². The highest BCUT2D eigenvalue weighted by atomic mass is 35.5. The lowest BCUT2D eigenvalue weighted by atomic mass is 10.1. The standard InChI is InChI=1S/C12H15ClF3NO2/c1-3-8(4-2)17(7-12(14,15)16)11(18)9-5-6-19-10(9)13/h5-6,8H,3-4,7H2,1-2H3. The van der Waals surface area contributed by atoms with Gasteiger partial charge >= 0.3 is 6.18 Å². The van der Waals surface area contributed by atoms with E-state index in [0.717, 1.165) is 4.90 Å². The van der Waals surface area contributed by atoms with Crippen LogP contribution in [0.1, 0.15) is 37.0 Å². The third-order valence-electron chi connectivity index (χ3n) is 2.84. The fraction of sp³-hybridized carbons (Fsp3) is 0.583. The van der Waals surface area contributed by atoms with Gasteiger partial charge in [-0.25, -0.2) is 0 Å². The van der Waals surface area contributed by atoms with E-state index < -0.39 is 24.7 Å². The molecule has 0 spiro atoms. The summed E-state index contributed by atoms with van der Waals surface area (Å²) in [5.41, 5.74) is -0.0437. The smallest absolute Gasteiger partial charge is 0.406 e. The van der Waals surface area contributed by atoms with E-state index >= 15 is 0 Å². The summed E-state index contributed by atoms with van der Waals surface area (Å²) in [6.07, 6.45) is -2.40. The highest BCUT2D eigenvalue weighted by Gasteiger charge is 2.36. The minimum absolute atomic E-state index is 0.0437. The van der Waals surface area contributed by atoms with Gasteiger partial charge in [-0.05, 0) is 30.5 Å². The van der Waals surface area contributed by atoms with Crippen LogP contribution < -0.4 is 0 Å². The van der Waals surface area contributed by atoms with Gasteiger partial charge < -0.3 is 9.32 Å². The molecule has 1 amide bonds. The summed E-state index contributed by atoms with van der Waals surface area (Å²) in [4.78, 5) is 12.9. The molecule has 0 saturated carbocycles. The van der Waals surface area contributed by atoms with Crippen LogP contribution >= 0.6 is 11.6 Å². The van der Waals surface area contributed by atoms with Crippen LogP contribution in [0.2, 0.25) is 5.22 Å². The topological polar surface area (TPSA) is 33.5 Å². The van der Waals surface area contributed by atoms with Crippen molar-refractivity contribution in [2.45, 2.75) is 38.9 Å². The summed E-state index contributed by atoms with van der Waals surface area (Å²) in [6.45, 7) is 2.18. The second-order valence-corrected chi connectivity index (χ2v) is 4.47. The Kier molecular flexibility index (Phi) is 5.29. The monoisotopic (exact) mass is 297 g/mol. The SMILES string of the molecule is CCC(CC)N(CC(F)(F)F)C(=O)c1ccoc1Cl. The fourth-order valence-corrected chi connectivity index (χ4v) is 2.09. The molecule has 0 aliphatic heterocycles.